The van der Waals surface area contributed by atoms with Crippen LogP contribution in [0.25, 0.3) is 11.1 Å². The highest BCUT2D eigenvalue weighted by molar-refractivity contribution is 5.89. The normalized spacial score (nSPS) is 10.4. The number of carbonyl (C=O) groups excluding carboxylic acids is 1. The summed E-state index contributed by atoms with van der Waals surface area (Å²) in [4.78, 5) is 26.3. The molecule has 1 N–H and O–H groups in total. The van der Waals surface area contributed by atoms with Crippen LogP contribution in [0.1, 0.15) is 6.42 Å². The topological polar surface area (TPSA) is 103 Å². The van der Waals surface area contributed by atoms with E-state index in [0.717, 1.165) is 17.3 Å². The van der Waals surface area contributed by atoms with Crippen LogP contribution in [0.4, 0.5) is 11.5 Å². The first kappa shape index (κ1) is 16.3. The fourth-order valence-electron chi connectivity index (χ4n) is 2.26. The van der Waals surface area contributed by atoms with Gasteiger partial charge in [-0.05, 0) is 17.7 Å². The molecule has 3 aromatic rings. The number of aryl methyl sites for hydroxylation is 1. The Morgan fingerprint density at radius 1 is 1.12 bits per heavy atom. The van der Waals surface area contributed by atoms with Crippen molar-refractivity contribution < 1.29 is 9.72 Å². The number of nitrogens with one attached hydrogen (secondary N) is 1. The molecule has 0 aliphatic heterocycles. The summed E-state index contributed by atoms with van der Waals surface area (Å²) in [6.07, 6.45) is 4.28. The third-order valence-electron chi connectivity index (χ3n) is 3.54. The van der Waals surface area contributed by atoms with E-state index in [9.17, 15) is 14.9 Å². The zero-order valence-electron chi connectivity index (χ0n) is 13.2. The number of pyridine rings is 1. The number of amides is 1. The maximum absolute atomic E-state index is 12.0. The molecule has 2 aromatic heterocycles. The van der Waals surface area contributed by atoms with E-state index in [-0.39, 0.29) is 24.6 Å². The molecule has 8 nitrogen and oxygen atoms in total. The van der Waals surface area contributed by atoms with E-state index in [1.165, 1.54) is 10.9 Å². The lowest BCUT2D eigenvalue weighted by Crippen LogP contribution is -2.15. The minimum absolute atomic E-state index is 0.0985. The lowest BCUT2D eigenvalue weighted by Gasteiger charge is -2.06. The van der Waals surface area contributed by atoms with E-state index >= 15 is 0 Å². The van der Waals surface area contributed by atoms with Crippen molar-refractivity contribution >= 4 is 17.4 Å². The minimum atomic E-state index is -0.526. The summed E-state index contributed by atoms with van der Waals surface area (Å²) in [5.41, 5.74) is 1.91. The fourth-order valence-corrected chi connectivity index (χ4v) is 2.26. The summed E-state index contributed by atoms with van der Waals surface area (Å²) in [6, 6.07) is 13.4. The van der Waals surface area contributed by atoms with E-state index in [2.05, 4.69) is 15.4 Å². The van der Waals surface area contributed by atoms with Gasteiger partial charge in [0.1, 0.15) is 18.2 Å². The molecule has 3 rings (SSSR count). The second-order valence-electron chi connectivity index (χ2n) is 5.32. The molecule has 0 saturated carbocycles. The first-order chi connectivity index (χ1) is 12.1. The third-order valence-corrected chi connectivity index (χ3v) is 3.54. The Bertz CT molecular complexity index is 875. The molecule has 0 unspecified atom stereocenters. The van der Waals surface area contributed by atoms with Gasteiger partial charge in [-0.15, -0.1) is 0 Å². The highest BCUT2D eigenvalue weighted by Gasteiger charge is 2.10. The number of hydrogen-bond acceptors (Lipinski definition) is 5. The van der Waals surface area contributed by atoms with Crippen molar-refractivity contribution in [3.63, 3.8) is 0 Å². The van der Waals surface area contributed by atoms with Gasteiger partial charge in [0.2, 0.25) is 5.91 Å². The Morgan fingerprint density at radius 2 is 1.92 bits per heavy atom. The van der Waals surface area contributed by atoms with E-state index in [0.29, 0.717) is 5.82 Å². The average molecular weight is 337 g/mol. The number of rotatable bonds is 6. The van der Waals surface area contributed by atoms with Crippen LogP contribution in [0.3, 0.4) is 0 Å². The number of hydrogen-bond donors (Lipinski definition) is 1. The zero-order valence-corrected chi connectivity index (χ0v) is 13.2. The van der Waals surface area contributed by atoms with Crippen molar-refractivity contribution in [2.45, 2.75) is 13.0 Å². The molecule has 0 fully saturated rings. The number of benzene rings is 1. The van der Waals surface area contributed by atoms with Crippen molar-refractivity contribution in [3.8, 4) is 11.1 Å². The van der Waals surface area contributed by atoms with Crippen LogP contribution in [0, 0.1) is 10.1 Å². The van der Waals surface area contributed by atoms with Gasteiger partial charge in [-0.1, -0.05) is 30.3 Å². The molecule has 0 radical (unpaired) electrons. The van der Waals surface area contributed by atoms with Crippen LogP contribution >= 0.6 is 0 Å². The van der Waals surface area contributed by atoms with Crippen LogP contribution in [-0.2, 0) is 11.3 Å². The predicted molar refractivity (Wildman–Crippen MR) is 91.8 cm³/mol. The molecule has 25 heavy (non-hydrogen) atoms. The highest BCUT2D eigenvalue weighted by Crippen LogP contribution is 2.19. The van der Waals surface area contributed by atoms with Crippen LogP contribution in [0.2, 0.25) is 0 Å². The maximum atomic E-state index is 12.0. The van der Waals surface area contributed by atoms with Crippen LogP contribution in [0.15, 0.2) is 61.1 Å². The van der Waals surface area contributed by atoms with Gasteiger partial charge < -0.3 is 5.32 Å². The number of anilines is 1. The summed E-state index contributed by atoms with van der Waals surface area (Å²) in [7, 11) is 0. The average Bonchev–Trinajstić information content (AvgIpc) is 3.11. The van der Waals surface area contributed by atoms with Crippen molar-refractivity contribution in [3.05, 3.63) is 71.2 Å². The van der Waals surface area contributed by atoms with Crippen molar-refractivity contribution in [2.24, 2.45) is 0 Å². The monoisotopic (exact) mass is 337 g/mol. The summed E-state index contributed by atoms with van der Waals surface area (Å²) in [5, 5.41) is 17.1. The van der Waals surface area contributed by atoms with Crippen LogP contribution in [-0.4, -0.2) is 25.6 Å². The van der Waals surface area contributed by atoms with Gasteiger partial charge in [0.15, 0.2) is 0 Å². The van der Waals surface area contributed by atoms with E-state index < -0.39 is 4.92 Å². The summed E-state index contributed by atoms with van der Waals surface area (Å²) >= 11 is 0. The second-order valence-corrected chi connectivity index (χ2v) is 5.32. The molecule has 0 spiro atoms. The summed E-state index contributed by atoms with van der Waals surface area (Å²) in [6.45, 7) is 0.252. The zero-order chi connectivity index (χ0) is 17.6. The molecule has 1 amide bonds. The molecular formula is C17H15N5O3. The molecule has 1 aromatic carbocycles. The van der Waals surface area contributed by atoms with Crippen LogP contribution in [0.5, 0.6) is 0 Å². The Hall–Kier alpha value is -3.55. The summed E-state index contributed by atoms with van der Waals surface area (Å²) < 4.78 is 1.36. The molecule has 2 heterocycles. The van der Waals surface area contributed by atoms with Crippen LogP contribution < -0.4 is 5.32 Å². The molecule has 126 valence electrons. The molecule has 0 aliphatic rings. The second kappa shape index (κ2) is 7.35. The first-order valence-corrected chi connectivity index (χ1v) is 7.60. The van der Waals surface area contributed by atoms with Gasteiger partial charge in [0.25, 0.3) is 0 Å². The highest BCUT2D eigenvalue weighted by atomic mass is 16.6. The first-order valence-electron chi connectivity index (χ1n) is 7.60. The molecule has 0 bridgehead atoms. The van der Waals surface area contributed by atoms with E-state index in [1.54, 1.807) is 12.3 Å². The van der Waals surface area contributed by atoms with Gasteiger partial charge in [-0.25, -0.2) is 4.98 Å². The molecule has 0 atom stereocenters. The van der Waals surface area contributed by atoms with Gasteiger partial charge in [0.05, 0.1) is 4.92 Å². The SMILES string of the molecule is O=C(CCn1cc([N+](=O)[O-])cn1)Nc1ccc(-c2ccccc2)cn1. The number of nitro groups is 1. The lowest BCUT2D eigenvalue weighted by atomic mass is 10.1. The Morgan fingerprint density at radius 3 is 2.56 bits per heavy atom. The third kappa shape index (κ3) is 4.25. The molecule has 0 saturated heterocycles. The van der Waals surface area contributed by atoms with Crippen molar-refractivity contribution in [2.75, 3.05) is 5.32 Å². The van der Waals surface area contributed by atoms with Crippen molar-refractivity contribution in [1.29, 1.82) is 0 Å². The summed E-state index contributed by atoms with van der Waals surface area (Å²) in [5.74, 6) is 0.217. The number of carbonyl (C=O) groups is 1. The van der Waals surface area contributed by atoms with Crippen molar-refractivity contribution in [1.82, 2.24) is 14.8 Å². The number of nitrogens with zero attached hydrogens (tertiary/aromatic N) is 4. The van der Waals surface area contributed by atoms with Gasteiger partial charge in [-0.2, -0.15) is 5.10 Å². The Labute approximate surface area is 143 Å². The van der Waals surface area contributed by atoms with E-state index in [4.69, 9.17) is 0 Å². The molecule has 0 aliphatic carbocycles. The standard InChI is InChI=1S/C17H15N5O3/c23-17(8-9-21-12-15(11-19-21)22(24)25)20-16-7-6-14(10-18-16)13-4-2-1-3-5-13/h1-7,10-12H,8-9H2,(H,18,20,23). The minimum Gasteiger partial charge on any atom is -0.311 e. The molecule has 8 heteroatoms. The fraction of sp³-hybridized carbons (Fsp3) is 0.118. The predicted octanol–water partition coefficient (Wildman–Crippen LogP) is 2.88. The smallest absolute Gasteiger partial charge is 0.306 e. The van der Waals surface area contributed by atoms with Gasteiger partial charge in [0, 0.05) is 24.7 Å². The van der Waals surface area contributed by atoms with Gasteiger partial charge >= 0.3 is 5.69 Å². The largest absolute Gasteiger partial charge is 0.311 e. The lowest BCUT2D eigenvalue weighted by molar-refractivity contribution is -0.385. The number of aromatic nitrogens is 3. The molecular weight excluding hydrogens is 322 g/mol. The van der Waals surface area contributed by atoms with Gasteiger partial charge in [-0.3, -0.25) is 19.6 Å². The quantitative estimate of drug-likeness (QED) is 0.550. The Balaban J connectivity index is 1.55. The Kier molecular flexibility index (Phi) is 4.79. The van der Waals surface area contributed by atoms with E-state index in [1.807, 2.05) is 36.4 Å². The maximum Gasteiger partial charge on any atom is 0.306 e.